The van der Waals surface area contributed by atoms with Crippen molar-refractivity contribution in [2.75, 3.05) is 17.2 Å². The molecule has 0 atom stereocenters. The molecule has 0 saturated heterocycles. The highest BCUT2D eigenvalue weighted by Crippen LogP contribution is 2.43. The Morgan fingerprint density at radius 3 is 2.23 bits per heavy atom. The number of nitrogens with zero attached hydrogens (tertiary/aromatic N) is 1. The van der Waals surface area contributed by atoms with Gasteiger partial charge in [-0.05, 0) is 63.2 Å². The molecule has 6 rings (SSSR count). The van der Waals surface area contributed by atoms with Gasteiger partial charge in [-0.2, -0.15) is 0 Å². The second kappa shape index (κ2) is 4.89. The van der Waals surface area contributed by atoms with Crippen molar-refractivity contribution in [3.8, 4) is 0 Å². The van der Waals surface area contributed by atoms with Gasteiger partial charge in [-0.25, -0.2) is 0 Å². The molecular formula is C24H18N2. The number of fused-ring (bicyclic) bond motifs is 1. The van der Waals surface area contributed by atoms with E-state index >= 15 is 0 Å². The molecule has 2 nitrogen and oxygen atoms in total. The quantitative estimate of drug-likeness (QED) is 0.307. The Bertz CT molecular complexity index is 1290. The lowest BCUT2D eigenvalue weighted by molar-refractivity contribution is 1.00. The Morgan fingerprint density at radius 2 is 1.38 bits per heavy atom. The molecule has 0 aliphatic carbocycles. The van der Waals surface area contributed by atoms with E-state index in [2.05, 4.69) is 71.6 Å². The summed E-state index contributed by atoms with van der Waals surface area (Å²) in [5.41, 5.74) is 10.8. The SMILES string of the molecule is Nc1ccc2c(c1)CCN2c1ccc2ccc3cccc4ccc1c2c34. The molecule has 2 heteroatoms. The predicted molar refractivity (Wildman–Crippen MR) is 112 cm³/mol. The molecule has 5 aromatic carbocycles. The van der Waals surface area contributed by atoms with Gasteiger partial charge in [-0.15, -0.1) is 0 Å². The maximum absolute atomic E-state index is 5.99. The first-order valence-corrected chi connectivity index (χ1v) is 9.12. The molecule has 0 aromatic heterocycles. The van der Waals surface area contributed by atoms with Gasteiger partial charge in [0.2, 0.25) is 0 Å². The molecule has 0 fully saturated rings. The van der Waals surface area contributed by atoms with Crippen LogP contribution in [0.15, 0.2) is 72.8 Å². The highest BCUT2D eigenvalue weighted by Gasteiger charge is 2.23. The summed E-state index contributed by atoms with van der Waals surface area (Å²) in [5, 5.41) is 8.02. The second-order valence-electron chi connectivity index (χ2n) is 7.23. The number of nitrogens with two attached hydrogens (primary N) is 1. The van der Waals surface area contributed by atoms with E-state index < -0.39 is 0 Å². The molecule has 2 N–H and O–H groups in total. The van der Waals surface area contributed by atoms with Crippen molar-refractivity contribution >= 4 is 49.4 Å². The van der Waals surface area contributed by atoms with Gasteiger partial charge < -0.3 is 10.6 Å². The number of hydrogen-bond acceptors (Lipinski definition) is 2. The molecule has 1 aliphatic heterocycles. The first-order valence-electron chi connectivity index (χ1n) is 9.12. The Morgan fingerprint density at radius 1 is 0.692 bits per heavy atom. The molecule has 5 aromatic rings. The van der Waals surface area contributed by atoms with Crippen LogP contribution in [0.3, 0.4) is 0 Å². The molecule has 0 saturated carbocycles. The van der Waals surface area contributed by atoms with Crippen LogP contribution in [0.5, 0.6) is 0 Å². The second-order valence-corrected chi connectivity index (χ2v) is 7.23. The van der Waals surface area contributed by atoms with E-state index in [1.165, 1.54) is 49.3 Å². The van der Waals surface area contributed by atoms with Gasteiger partial charge >= 0.3 is 0 Å². The molecule has 0 spiro atoms. The third-order valence-corrected chi connectivity index (χ3v) is 5.80. The highest BCUT2D eigenvalue weighted by atomic mass is 15.2. The van der Waals surface area contributed by atoms with E-state index in [0.29, 0.717) is 0 Å². The number of anilines is 3. The topological polar surface area (TPSA) is 29.3 Å². The molecule has 0 amide bonds. The zero-order valence-electron chi connectivity index (χ0n) is 14.4. The first-order chi connectivity index (χ1) is 12.8. The fourth-order valence-corrected chi connectivity index (χ4v) is 4.63. The van der Waals surface area contributed by atoms with Crippen molar-refractivity contribution in [3.05, 3.63) is 78.4 Å². The fraction of sp³-hybridized carbons (Fsp3) is 0.0833. The van der Waals surface area contributed by atoms with Crippen LogP contribution in [0.4, 0.5) is 17.1 Å². The first kappa shape index (κ1) is 14.0. The maximum Gasteiger partial charge on any atom is 0.0491 e. The van der Waals surface area contributed by atoms with E-state index in [4.69, 9.17) is 5.73 Å². The van der Waals surface area contributed by atoms with Gasteiger partial charge in [-0.3, -0.25) is 0 Å². The summed E-state index contributed by atoms with van der Waals surface area (Å²) in [5.74, 6) is 0. The summed E-state index contributed by atoms with van der Waals surface area (Å²) in [6.07, 6.45) is 1.04. The Hall–Kier alpha value is -3.26. The smallest absolute Gasteiger partial charge is 0.0491 e. The Labute approximate surface area is 151 Å². The van der Waals surface area contributed by atoms with Crippen molar-refractivity contribution < 1.29 is 0 Å². The van der Waals surface area contributed by atoms with E-state index in [1.54, 1.807) is 0 Å². The van der Waals surface area contributed by atoms with E-state index in [9.17, 15) is 0 Å². The minimum atomic E-state index is 0.848. The average molecular weight is 334 g/mol. The van der Waals surface area contributed by atoms with Gasteiger partial charge in [0, 0.05) is 29.0 Å². The minimum Gasteiger partial charge on any atom is -0.399 e. The van der Waals surface area contributed by atoms with Gasteiger partial charge in [0.05, 0.1) is 0 Å². The lowest BCUT2D eigenvalue weighted by Crippen LogP contribution is -2.13. The van der Waals surface area contributed by atoms with Crippen molar-refractivity contribution in [2.45, 2.75) is 6.42 Å². The van der Waals surface area contributed by atoms with Crippen molar-refractivity contribution in [1.82, 2.24) is 0 Å². The van der Waals surface area contributed by atoms with Gasteiger partial charge in [0.15, 0.2) is 0 Å². The number of benzene rings is 5. The van der Waals surface area contributed by atoms with Crippen LogP contribution >= 0.6 is 0 Å². The zero-order valence-corrected chi connectivity index (χ0v) is 14.4. The number of rotatable bonds is 1. The standard InChI is InChI=1S/C24H18N2/c25-19-8-11-21-18(14-19)12-13-26(21)22-10-7-17-5-4-15-2-1-3-16-6-9-20(22)24(17)23(15)16/h1-11,14H,12-13,25H2. The third-order valence-electron chi connectivity index (χ3n) is 5.80. The minimum absolute atomic E-state index is 0.848. The molecule has 0 unspecified atom stereocenters. The molecular weight excluding hydrogens is 316 g/mol. The molecule has 1 aliphatic rings. The summed E-state index contributed by atoms with van der Waals surface area (Å²) >= 11 is 0. The van der Waals surface area contributed by atoms with Crippen LogP contribution in [-0.2, 0) is 6.42 Å². The van der Waals surface area contributed by atoms with Gasteiger partial charge in [-0.1, -0.05) is 48.5 Å². The van der Waals surface area contributed by atoms with Gasteiger partial charge in [0.25, 0.3) is 0 Å². The highest BCUT2D eigenvalue weighted by molar-refractivity contribution is 6.25. The molecule has 124 valence electrons. The molecule has 26 heavy (non-hydrogen) atoms. The average Bonchev–Trinajstić information content (AvgIpc) is 3.09. The predicted octanol–water partition coefficient (Wildman–Crippen LogP) is 5.86. The van der Waals surface area contributed by atoms with Crippen LogP contribution in [0.2, 0.25) is 0 Å². The maximum atomic E-state index is 5.99. The van der Waals surface area contributed by atoms with Crippen LogP contribution in [-0.4, -0.2) is 6.54 Å². The zero-order chi connectivity index (χ0) is 17.3. The fourth-order valence-electron chi connectivity index (χ4n) is 4.63. The monoisotopic (exact) mass is 334 g/mol. The van der Waals surface area contributed by atoms with Crippen molar-refractivity contribution in [1.29, 1.82) is 0 Å². The van der Waals surface area contributed by atoms with Crippen LogP contribution in [0.25, 0.3) is 32.3 Å². The summed E-state index contributed by atoms with van der Waals surface area (Å²) in [6, 6.07) is 26.4. The summed E-state index contributed by atoms with van der Waals surface area (Å²) in [6.45, 7) is 1.00. The summed E-state index contributed by atoms with van der Waals surface area (Å²) in [7, 11) is 0. The normalized spacial score (nSPS) is 13.9. The molecule has 1 heterocycles. The summed E-state index contributed by atoms with van der Waals surface area (Å²) < 4.78 is 0. The number of nitrogen functional groups attached to an aromatic ring is 1. The number of hydrogen-bond donors (Lipinski definition) is 1. The summed E-state index contributed by atoms with van der Waals surface area (Å²) in [4.78, 5) is 2.45. The van der Waals surface area contributed by atoms with Crippen molar-refractivity contribution in [3.63, 3.8) is 0 Å². The van der Waals surface area contributed by atoms with E-state index in [-0.39, 0.29) is 0 Å². The van der Waals surface area contributed by atoms with Gasteiger partial charge in [0.1, 0.15) is 0 Å². The molecule has 0 radical (unpaired) electrons. The Kier molecular flexibility index (Phi) is 2.63. The lowest BCUT2D eigenvalue weighted by Gasteiger charge is -2.23. The van der Waals surface area contributed by atoms with E-state index in [0.717, 1.165) is 18.7 Å². The third kappa shape index (κ3) is 1.76. The van der Waals surface area contributed by atoms with Crippen LogP contribution in [0, 0.1) is 0 Å². The molecule has 0 bridgehead atoms. The largest absolute Gasteiger partial charge is 0.399 e. The van der Waals surface area contributed by atoms with E-state index in [1.807, 2.05) is 6.07 Å². The van der Waals surface area contributed by atoms with Crippen LogP contribution < -0.4 is 10.6 Å². The van der Waals surface area contributed by atoms with Crippen molar-refractivity contribution in [2.24, 2.45) is 0 Å². The Balaban J connectivity index is 1.68. The van der Waals surface area contributed by atoms with Crippen LogP contribution in [0.1, 0.15) is 5.56 Å². The lowest BCUT2D eigenvalue weighted by atomic mass is 9.93.